The molecule has 3 aliphatic rings. The minimum Gasteiger partial charge on any atom is -0.381 e. The van der Waals surface area contributed by atoms with Gasteiger partial charge in [-0.05, 0) is 31.2 Å². The molecule has 0 amide bonds. The van der Waals surface area contributed by atoms with Gasteiger partial charge in [-0.1, -0.05) is 6.92 Å². The molecule has 0 saturated carbocycles. The second-order valence-corrected chi connectivity index (χ2v) is 6.89. The fourth-order valence-electron chi connectivity index (χ4n) is 3.88. The van der Waals surface area contributed by atoms with Gasteiger partial charge in [-0.3, -0.25) is 4.90 Å². The predicted octanol–water partition coefficient (Wildman–Crippen LogP) is 1.20. The van der Waals surface area contributed by atoms with Gasteiger partial charge in [0, 0.05) is 58.5 Å². The van der Waals surface area contributed by atoms with Crippen molar-refractivity contribution in [2.45, 2.75) is 32.2 Å². The smallest absolute Gasteiger partial charge is 0.0480 e. The minimum atomic E-state index is 0. The lowest BCUT2D eigenvalue weighted by Gasteiger charge is -2.42. The molecule has 1 N–H and O–H groups in total. The molecule has 118 valence electrons. The van der Waals surface area contributed by atoms with Gasteiger partial charge in [-0.15, -0.1) is 12.4 Å². The Kier molecular flexibility index (Phi) is 6.11. The number of nitrogens with zero attached hydrogens (tertiary/aromatic N) is 2. The van der Waals surface area contributed by atoms with E-state index in [4.69, 9.17) is 4.74 Å². The van der Waals surface area contributed by atoms with Crippen LogP contribution < -0.4 is 5.32 Å². The molecule has 20 heavy (non-hydrogen) atoms. The molecule has 4 nitrogen and oxygen atoms in total. The Labute approximate surface area is 129 Å². The number of hydrogen-bond acceptors (Lipinski definition) is 4. The van der Waals surface area contributed by atoms with Crippen molar-refractivity contribution in [3.8, 4) is 0 Å². The Morgan fingerprint density at radius 2 is 1.85 bits per heavy atom. The lowest BCUT2D eigenvalue weighted by atomic mass is 9.89. The lowest BCUT2D eigenvalue weighted by molar-refractivity contribution is 0.00842. The number of rotatable bonds is 3. The number of hydrogen-bond donors (Lipinski definition) is 1. The third-order valence-corrected chi connectivity index (χ3v) is 5.18. The van der Waals surface area contributed by atoms with Crippen molar-refractivity contribution >= 4 is 12.4 Å². The molecule has 1 atom stereocenters. The second-order valence-electron chi connectivity index (χ2n) is 6.89. The predicted molar refractivity (Wildman–Crippen MR) is 84.7 cm³/mol. The van der Waals surface area contributed by atoms with Crippen LogP contribution in [-0.4, -0.2) is 74.9 Å². The van der Waals surface area contributed by atoms with Crippen LogP contribution in [0.3, 0.4) is 0 Å². The molecule has 3 rings (SSSR count). The fraction of sp³-hybridized carbons (Fsp3) is 1.00. The molecule has 3 aliphatic heterocycles. The molecule has 0 radical (unpaired) electrons. The first kappa shape index (κ1) is 16.5. The highest BCUT2D eigenvalue weighted by Gasteiger charge is 2.32. The summed E-state index contributed by atoms with van der Waals surface area (Å²) in [6, 6.07) is 0.791. The zero-order chi connectivity index (χ0) is 13.1. The average molecular weight is 304 g/mol. The van der Waals surface area contributed by atoms with E-state index >= 15 is 0 Å². The van der Waals surface area contributed by atoms with E-state index in [1.54, 1.807) is 0 Å². The highest BCUT2D eigenvalue weighted by Crippen LogP contribution is 2.26. The van der Waals surface area contributed by atoms with Gasteiger partial charge in [0.05, 0.1) is 0 Å². The summed E-state index contributed by atoms with van der Waals surface area (Å²) < 4.78 is 5.47. The van der Waals surface area contributed by atoms with Gasteiger partial charge in [-0.2, -0.15) is 0 Å². The third kappa shape index (κ3) is 4.08. The maximum absolute atomic E-state index is 5.47. The maximum atomic E-state index is 5.47. The molecule has 0 spiro atoms. The molecule has 0 aliphatic carbocycles. The molecule has 3 fully saturated rings. The number of ether oxygens (including phenoxy) is 1. The molecular weight excluding hydrogens is 274 g/mol. The van der Waals surface area contributed by atoms with Gasteiger partial charge in [-0.25, -0.2) is 0 Å². The second kappa shape index (κ2) is 7.41. The zero-order valence-electron chi connectivity index (χ0n) is 12.8. The SMILES string of the molecule is CC1(CN2CCN(C3CCOCC3)CC2)CCNC1.Cl. The summed E-state index contributed by atoms with van der Waals surface area (Å²) in [5.74, 6) is 0. The lowest BCUT2D eigenvalue weighted by Crippen LogP contribution is -2.53. The summed E-state index contributed by atoms with van der Waals surface area (Å²) in [7, 11) is 0. The van der Waals surface area contributed by atoms with Gasteiger partial charge < -0.3 is 15.0 Å². The van der Waals surface area contributed by atoms with Gasteiger partial charge in [0.15, 0.2) is 0 Å². The van der Waals surface area contributed by atoms with E-state index in [-0.39, 0.29) is 12.4 Å². The molecule has 0 aromatic rings. The van der Waals surface area contributed by atoms with E-state index in [0.29, 0.717) is 5.41 Å². The minimum absolute atomic E-state index is 0. The summed E-state index contributed by atoms with van der Waals surface area (Å²) >= 11 is 0. The van der Waals surface area contributed by atoms with Gasteiger partial charge >= 0.3 is 0 Å². The Hall–Kier alpha value is 0.130. The Bertz CT molecular complexity index is 283. The quantitative estimate of drug-likeness (QED) is 0.848. The van der Waals surface area contributed by atoms with E-state index in [0.717, 1.165) is 19.3 Å². The first-order valence-electron chi connectivity index (χ1n) is 8.00. The van der Waals surface area contributed by atoms with Crippen molar-refractivity contribution in [3.05, 3.63) is 0 Å². The van der Waals surface area contributed by atoms with Crippen molar-refractivity contribution in [3.63, 3.8) is 0 Å². The van der Waals surface area contributed by atoms with Crippen LogP contribution in [0.25, 0.3) is 0 Å². The van der Waals surface area contributed by atoms with E-state index in [2.05, 4.69) is 22.0 Å². The topological polar surface area (TPSA) is 27.7 Å². The molecule has 1 unspecified atom stereocenters. The van der Waals surface area contributed by atoms with Crippen molar-refractivity contribution < 1.29 is 4.74 Å². The largest absolute Gasteiger partial charge is 0.381 e. The van der Waals surface area contributed by atoms with Crippen LogP contribution >= 0.6 is 12.4 Å². The monoisotopic (exact) mass is 303 g/mol. The van der Waals surface area contributed by atoms with Crippen LogP contribution in [0.2, 0.25) is 0 Å². The van der Waals surface area contributed by atoms with Crippen LogP contribution in [0.4, 0.5) is 0 Å². The molecule has 0 bridgehead atoms. The molecular formula is C15H30ClN3O. The highest BCUT2D eigenvalue weighted by molar-refractivity contribution is 5.85. The van der Waals surface area contributed by atoms with Gasteiger partial charge in [0.2, 0.25) is 0 Å². The van der Waals surface area contributed by atoms with E-state index in [1.807, 2.05) is 0 Å². The van der Waals surface area contributed by atoms with Gasteiger partial charge in [0.25, 0.3) is 0 Å². The van der Waals surface area contributed by atoms with E-state index < -0.39 is 0 Å². The first-order valence-corrected chi connectivity index (χ1v) is 8.00. The average Bonchev–Trinajstić information content (AvgIpc) is 2.87. The number of piperazine rings is 1. The molecule has 3 heterocycles. The van der Waals surface area contributed by atoms with Crippen LogP contribution in [0.1, 0.15) is 26.2 Å². The summed E-state index contributed by atoms with van der Waals surface area (Å²) in [6.45, 7) is 13.1. The number of halogens is 1. The van der Waals surface area contributed by atoms with Crippen molar-refractivity contribution in [2.24, 2.45) is 5.41 Å². The van der Waals surface area contributed by atoms with Crippen molar-refractivity contribution in [2.75, 3.05) is 59.0 Å². The van der Waals surface area contributed by atoms with Crippen LogP contribution in [0, 0.1) is 5.41 Å². The number of nitrogens with one attached hydrogen (secondary N) is 1. The Morgan fingerprint density at radius 3 is 2.45 bits per heavy atom. The van der Waals surface area contributed by atoms with E-state index in [9.17, 15) is 0 Å². The van der Waals surface area contributed by atoms with Crippen molar-refractivity contribution in [1.82, 2.24) is 15.1 Å². The van der Waals surface area contributed by atoms with Crippen LogP contribution in [0.5, 0.6) is 0 Å². The van der Waals surface area contributed by atoms with Gasteiger partial charge in [0.1, 0.15) is 0 Å². The molecule has 0 aromatic carbocycles. The molecule has 5 heteroatoms. The summed E-state index contributed by atoms with van der Waals surface area (Å²) in [5.41, 5.74) is 0.515. The first-order chi connectivity index (χ1) is 9.25. The Balaban J connectivity index is 0.00000147. The summed E-state index contributed by atoms with van der Waals surface area (Å²) in [5, 5.41) is 3.51. The zero-order valence-corrected chi connectivity index (χ0v) is 13.6. The fourth-order valence-corrected chi connectivity index (χ4v) is 3.88. The van der Waals surface area contributed by atoms with Crippen LogP contribution in [-0.2, 0) is 4.74 Å². The third-order valence-electron chi connectivity index (χ3n) is 5.18. The molecule has 3 saturated heterocycles. The van der Waals surface area contributed by atoms with Crippen LogP contribution in [0.15, 0.2) is 0 Å². The highest BCUT2D eigenvalue weighted by atomic mass is 35.5. The maximum Gasteiger partial charge on any atom is 0.0480 e. The molecule has 0 aromatic heterocycles. The van der Waals surface area contributed by atoms with Crippen molar-refractivity contribution in [1.29, 1.82) is 0 Å². The normalized spacial score (nSPS) is 34.0. The summed E-state index contributed by atoms with van der Waals surface area (Å²) in [4.78, 5) is 5.39. The summed E-state index contributed by atoms with van der Waals surface area (Å²) in [6.07, 6.45) is 3.82. The van der Waals surface area contributed by atoms with E-state index in [1.165, 1.54) is 65.1 Å². The standard InChI is InChI=1S/C15H29N3O.ClH/c1-15(4-5-16-12-15)13-17-6-8-18(9-7-17)14-2-10-19-11-3-14;/h14,16H,2-13H2,1H3;1H. The Morgan fingerprint density at radius 1 is 1.15 bits per heavy atom.